The molecule has 0 fully saturated rings. The van der Waals surface area contributed by atoms with Crippen molar-refractivity contribution >= 4 is 15.9 Å². The van der Waals surface area contributed by atoms with Crippen LogP contribution in [0.5, 0.6) is 0 Å². The SMILES string of the molecule is CCNCC(OCCOCC(C)C)c1ccccc1Br. The van der Waals surface area contributed by atoms with Gasteiger partial charge < -0.3 is 14.8 Å². The second kappa shape index (κ2) is 10.3. The lowest BCUT2D eigenvalue weighted by atomic mass is 10.1. The molecular formula is C16H26BrNO2. The highest BCUT2D eigenvalue weighted by Crippen LogP contribution is 2.25. The Hall–Kier alpha value is -0.420. The highest BCUT2D eigenvalue weighted by Gasteiger charge is 2.14. The van der Waals surface area contributed by atoms with E-state index in [2.05, 4.69) is 48.1 Å². The third-order valence-electron chi connectivity index (χ3n) is 2.83. The van der Waals surface area contributed by atoms with E-state index in [-0.39, 0.29) is 6.10 Å². The van der Waals surface area contributed by atoms with Crippen LogP contribution in [0.25, 0.3) is 0 Å². The molecular weight excluding hydrogens is 318 g/mol. The number of hydrogen-bond donors (Lipinski definition) is 1. The summed E-state index contributed by atoms with van der Waals surface area (Å²) in [7, 11) is 0. The molecule has 0 spiro atoms. The van der Waals surface area contributed by atoms with Crippen LogP contribution in [0.3, 0.4) is 0 Å². The lowest BCUT2D eigenvalue weighted by Gasteiger charge is -2.20. The minimum Gasteiger partial charge on any atom is -0.379 e. The van der Waals surface area contributed by atoms with Gasteiger partial charge in [0, 0.05) is 17.6 Å². The van der Waals surface area contributed by atoms with Crippen LogP contribution in [0, 0.1) is 5.92 Å². The molecule has 4 heteroatoms. The molecule has 0 aliphatic heterocycles. The fourth-order valence-corrected chi connectivity index (χ4v) is 2.38. The molecule has 0 radical (unpaired) electrons. The van der Waals surface area contributed by atoms with Gasteiger partial charge in [-0.05, 0) is 24.1 Å². The molecule has 0 aliphatic carbocycles. The largest absolute Gasteiger partial charge is 0.379 e. The molecule has 20 heavy (non-hydrogen) atoms. The molecule has 1 N–H and O–H groups in total. The summed E-state index contributed by atoms with van der Waals surface area (Å²) in [6.45, 7) is 10.2. The normalized spacial score (nSPS) is 12.8. The van der Waals surface area contributed by atoms with Gasteiger partial charge in [0.1, 0.15) is 0 Å². The summed E-state index contributed by atoms with van der Waals surface area (Å²) in [5.74, 6) is 0.566. The zero-order valence-electron chi connectivity index (χ0n) is 12.7. The predicted octanol–water partition coefficient (Wildman–Crippen LogP) is 3.79. The summed E-state index contributed by atoms with van der Waals surface area (Å²) < 4.78 is 12.6. The first-order valence-electron chi connectivity index (χ1n) is 7.29. The van der Waals surface area contributed by atoms with Crippen LogP contribution in [0.2, 0.25) is 0 Å². The number of rotatable bonds is 10. The quantitative estimate of drug-likeness (QED) is 0.655. The van der Waals surface area contributed by atoms with Gasteiger partial charge in [0.15, 0.2) is 0 Å². The average molecular weight is 344 g/mol. The smallest absolute Gasteiger partial charge is 0.0961 e. The summed E-state index contributed by atoms with van der Waals surface area (Å²) in [6.07, 6.45) is 0.0492. The van der Waals surface area contributed by atoms with E-state index in [9.17, 15) is 0 Å². The molecule has 0 aromatic heterocycles. The van der Waals surface area contributed by atoms with E-state index in [0.717, 1.165) is 24.2 Å². The van der Waals surface area contributed by atoms with Crippen molar-refractivity contribution < 1.29 is 9.47 Å². The Bertz CT molecular complexity index is 371. The zero-order valence-corrected chi connectivity index (χ0v) is 14.3. The zero-order chi connectivity index (χ0) is 14.8. The van der Waals surface area contributed by atoms with Crippen LogP contribution in [0.1, 0.15) is 32.4 Å². The van der Waals surface area contributed by atoms with Crippen molar-refractivity contribution in [3.63, 3.8) is 0 Å². The van der Waals surface area contributed by atoms with Gasteiger partial charge in [-0.3, -0.25) is 0 Å². The van der Waals surface area contributed by atoms with Crippen molar-refractivity contribution in [3.8, 4) is 0 Å². The molecule has 3 nitrogen and oxygen atoms in total. The van der Waals surface area contributed by atoms with Gasteiger partial charge in [0.05, 0.1) is 19.3 Å². The molecule has 1 unspecified atom stereocenters. The lowest BCUT2D eigenvalue weighted by molar-refractivity contribution is -0.00138. The van der Waals surface area contributed by atoms with Gasteiger partial charge in [0.2, 0.25) is 0 Å². The van der Waals surface area contributed by atoms with Crippen molar-refractivity contribution in [1.29, 1.82) is 0 Å². The Morgan fingerprint density at radius 2 is 1.95 bits per heavy atom. The molecule has 1 rings (SSSR count). The number of ether oxygens (including phenoxy) is 2. The van der Waals surface area contributed by atoms with Crippen LogP contribution < -0.4 is 5.32 Å². The molecule has 0 aliphatic rings. The first kappa shape index (κ1) is 17.6. The molecule has 0 saturated carbocycles. The van der Waals surface area contributed by atoms with Crippen LogP contribution in [0.4, 0.5) is 0 Å². The summed E-state index contributed by atoms with van der Waals surface area (Å²) in [5, 5.41) is 3.35. The van der Waals surface area contributed by atoms with Crippen LogP contribution in [0.15, 0.2) is 28.7 Å². The summed E-state index contributed by atoms with van der Waals surface area (Å²) in [5.41, 5.74) is 1.18. The molecule has 0 amide bonds. The monoisotopic (exact) mass is 343 g/mol. The number of likely N-dealkylation sites (N-methyl/N-ethyl adjacent to an activating group) is 1. The molecule has 0 heterocycles. The first-order valence-corrected chi connectivity index (χ1v) is 8.09. The number of benzene rings is 1. The van der Waals surface area contributed by atoms with Crippen molar-refractivity contribution in [2.24, 2.45) is 5.92 Å². The minimum atomic E-state index is 0.0492. The molecule has 0 bridgehead atoms. The highest BCUT2D eigenvalue weighted by atomic mass is 79.9. The molecule has 1 aromatic carbocycles. The second-order valence-electron chi connectivity index (χ2n) is 5.16. The van der Waals surface area contributed by atoms with Crippen molar-refractivity contribution in [3.05, 3.63) is 34.3 Å². The Morgan fingerprint density at radius 1 is 1.20 bits per heavy atom. The van der Waals surface area contributed by atoms with Gasteiger partial charge in [-0.1, -0.05) is 54.9 Å². The average Bonchev–Trinajstić information content (AvgIpc) is 2.42. The van der Waals surface area contributed by atoms with Crippen LogP contribution in [-0.2, 0) is 9.47 Å². The van der Waals surface area contributed by atoms with Gasteiger partial charge in [-0.25, -0.2) is 0 Å². The topological polar surface area (TPSA) is 30.5 Å². The van der Waals surface area contributed by atoms with E-state index in [0.29, 0.717) is 19.1 Å². The van der Waals surface area contributed by atoms with E-state index < -0.39 is 0 Å². The van der Waals surface area contributed by atoms with E-state index in [1.807, 2.05) is 18.2 Å². The minimum absolute atomic E-state index is 0.0492. The standard InChI is InChI=1S/C16H26BrNO2/c1-4-18-11-16(14-7-5-6-8-15(14)17)20-10-9-19-12-13(2)3/h5-8,13,16,18H,4,9-12H2,1-3H3. The maximum Gasteiger partial charge on any atom is 0.0961 e. The van der Waals surface area contributed by atoms with Gasteiger partial charge in [-0.2, -0.15) is 0 Å². The Balaban J connectivity index is 2.46. The second-order valence-corrected chi connectivity index (χ2v) is 6.01. The van der Waals surface area contributed by atoms with E-state index in [4.69, 9.17) is 9.47 Å². The first-order chi connectivity index (χ1) is 9.65. The van der Waals surface area contributed by atoms with E-state index >= 15 is 0 Å². The molecule has 1 atom stereocenters. The summed E-state index contributed by atoms with van der Waals surface area (Å²) in [6, 6.07) is 8.20. The molecule has 1 aromatic rings. The van der Waals surface area contributed by atoms with Gasteiger partial charge >= 0.3 is 0 Å². The molecule has 114 valence electrons. The van der Waals surface area contributed by atoms with E-state index in [1.165, 1.54) is 5.56 Å². The lowest BCUT2D eigenvalue weighted by Crippen LogP contribution is -2.24. The fourth-order valence-electron chi connectivity index (χ4n) is 1.84. The number of nitrogens with one attached hydrogen (secondary N) is 1. The Morgan fingerprint density at radius 3 is 2.60 bits per heavy atom. The predicted molar refractivity (Wildman–Crippen MR) is 87.0 cm³/mol. The Labute approximate surface area is 131 Å². The highest BCUT2D eigenvalue weighted by molar-refractivity contribution is 9.10. The summed E-state index contributed by atoms with van der Waals surface area (Å²) in [4.78, 5) is 0. The van der Waals surface area contributed by atoms with Gasteiger partial charge in [-0.15, -0.1) is 0 Å². The van der Waals surface area contributed by atoms with E-state index in [1.54, 1.807) is 0 Å². The van der Waals surface area contributed by atoms with Crippen molar-refractivity contribution in [2.45, 2.75) is 26.9 Å². The number of halogens is 1. The maximum atomic E-state index is 5.98. The number of hydrogen-bond acceptors (Lipinski definition) is 3. The van der Waals surface area contributed by atoms with Gasteiger partial charge in [0.25, 0.3) is 0 Å². The van der Waals surface area contributed by atoms with Crippen LogP contribution >= 0.6 is 15.9 Å². The fraction of sp³-hybridized carbons (Fsp3) is 0.625. The van der Waals surface area contributed by atoms with Crippen LogP contribution in [-0.4, -0.2) is 32.9 Å². The molecule has 0 saturated heterocycles. The maximum absolute atomic E-state index is 5.98. The van der Waals surface area contributed by atoms with Crippen molar-refractivity contribution in [2.75, 3.05) is 32.9 Å². The third-order valence-corrected chi connectivity index (χ3v) is 3.55. The summed E-state index contributed by atoms with van der Waals surface area (Å²) >= 11 is 3.59. The third kappa shape index (κ3) is 6.84. The van der Waals surface area contributed by atoms with Crippen molar-refractivity contribution in [1.82, 2.24) is 5.32 Å². The Kier molecular flexibility index (Phi) is 9.10.